The highest BCUT2D eigenvalue weighted by atomic mass is 35.5. The van der Waals surface area contributed by atoms with Gasteiger partial charge >= 0.3 is 0 Å². The number of hydrogen-bond donors (Lipinski definition) is 2. The molecular weight excluding hydrogens is 248 g/mol. The van der Waals surface area contributed by atoms with Crippen molar-refractivity contribution in [3.05, 3.63) is 34.9 Å². The minimum absolute atomic E-state index is 0.0533. The molecule has 3 nitrogen and oxygen atoms in total. The van der Waals surface area contributed by atoms with Crippen LogP contribution in [-0.4, -0.2) is 11.9 Å². The first-order valence-corrected chi connectivity index (χ1v) is 6.73. The average molecular weight is 269 g/mol. The smallest absolute Gasteiger partial charge is 0.237 e. The second-order valence-electron chi connectivity index (χ2n) is 4.53. The van der Waals surface area contributed by atoms with E-state index in [1.54, 1.807) is 0 Å². The summed E-state index contributed by atoms with van der Waals surface area (Å²) in [7, 11) is 0. The van der Waals surface area contributed by atoms with E-state index in [2.05, 4.69) is 12.2 Å². The molecule has 1 unspecified atom stereocenters. The van der Waals surface area contributed by atoms with E-state index in [-0.39, 0.29) is 11.9 Å². The van der Waals surface area contributed by atoms with Crippen molar-refractivity contribution in [2.45, 2.75) is 45.2 Å². The minimum Gasteiger partial charge on any atom is -0.348 e. The van der Waals surface area contributed by atoms with Gasteiger partial charge in [0, 0.05) is 5.02 Å². The lowest BCUT2D eigenvalue weighted by atomic mass is 10.1. The standard InChI is InChI=1S/C14H21ClN2O/c1-3-4-5-13(16)14(18)17-10(2)11-6-8-12(15)9-7-11/h6-10,13H,3-5,16H2,1-2H3,(H,17,18)/t10-,13?/m1/s1. The first-order valence-electron chi connectivity index (χ1n) is 6.36. The van der Waals surface area contributed by atoms with E-state index in [0.29, 0.717) is 5.02 Å². The Morgan fingerprint density at radius 3 is 2.56 bits per heavy atom. The van der Waals surface area contributed by atoms with Gasteiger partial charge in [-0.25, -0.2) is 0 Å². The monoisotopic (exact) mass is 268 g/mol. The van der Waals surface area contributed by atoms with E-state index in [4.69, 9.17) is 17.3 Å². The number of unbranched alkanes of at least 4 members (excludes halogenated alkanes) is 1. The fraction of sp³-hybridized carbons (Fsp3) is 0.500. The van der Waals surface area contributed by atoms with Crippen LogP contribution in [0.3, 0.4) is 0 Å². The van der Waals surface area contributed by atoms with Crippen LogP contribution in [0.4, 0.5) is 0 Å². The van der Waals surface area contributed by atoms with Crippen LogP contribution in [0.1, 0.15) is 44.7 Å². The summed E-state index contributed by atoms with van der Waals surface area (Å²) in [5.74, 6) is -0.0918. The van der Waals surface area contributed by atoms with Crippen LogP contribution in [0, 0.1) is 0 Å². The Hall–Kier alpha value is -1.06. The van der Waals surface area contributed by atoms with Crippen molar-refractivity contribution in [3.63, 3.8) is 0 Å². The molecular formula is C14H21ClN2O. The second kappa shape index (κ2) is 7.39. The van der Waals surface area contributed by atoms with Gasteiger partial charge in [0.2, 0.25) is 5.91 Å². The highest BCUT2D eigenvalue weighted by Gasteiger charge is 2.15. The molecule has 0 aromatic heterocycles. The fourth-order valence-corrected chi connectivity index (χ4v) is 1.84. The van der Waals surface area contributed by atoms with Crippen molar-refractivity contribution in [2.75, 3.05) is 0 Å². The zero-order valence-electron chi connectivity index (χ0n) is 10.9. The molecule has 1 aromatic carbocycles. The van der Waals surface area contributed by atoms with Gasteiger partial charge in [0.05, 0.1) is 12.1 Å². The molecule has 0 saturated heterocycles. The Balaban J connectivity index is 2.51. The molecule has 0 heterocycles. The van der Waals surface area contributed by atoms with E-state index in [0.717, 1.165) is 24.8 Å². The van der Waals surface area contributed by atoms with Crippen LogP contribution in [0.2, 0.25) is 5.02 Å². The maximum Gasteiger partial charge on any atom is 0.237 e. The molecule has 4 heteroatoms. The Kier molecular flexibility index (Phi) is 6.16. The van der Waals surface area contributed by atoms with Crippen molar-refractivity contribution in [2.24, 2.45) is 5.73 Å². The van der Waals surface area contributed by atoms with Crippen molar-refractivity contribution in [1.29, 1.82) is 0 Å². The Labute approximate surface area is 114 Å². The molecule has 0 bridgehead atoms. The third-order valence-electron chi connectivity index (χ3n) is 2.93. The number of halogens is 1. The van der Waals surface area contributed by atoms with Crippen molar-refractivity contribution >= 4 is 17.5 Å². The van der Waals surface area contributed by atoms with Crippen molar-refractivity contribution < 1.29 is 4.79 Å². The summed E-state index contributed by atoms with van der Waals surface area (Å²) in [6.45, 7) is 4.02. The van der Waals surface area contributed by atoms with Gasteiger partial charge in [-0.05, 0) is 31.0 Å². The van der Waals surface area contributed by atoms with Crippen LogP contribution >= 0.6 is 11.6 Å². The minimum atomic E-state index is -0.417. The van der Waals surface area contributed by atoms with Crippen LogP contribution in [0.15, 0.2) is 24.3 Å². The molecule has 1 rings (SSSR count). The Morgan fingerprint density at radius 1 is 1.39 bits per heavy atom. The van der Waals surface area contributed by atoms with Crippen molar-refractivity contribution in [1.82, 2.24) is 5.32 Å². The van der Waals surface area contributed by atoms with Gasteiger partial charge in [-0.1, -0.05) is 43.5 Å². The largest absolute Gasteiger partial charge is 0.348 e. The van der Waals surface area contributed by atoms with E-state index < -0.39 is 6.04 Å². The van der Waals surface area contributed by atoms with Crippen LogP contribution < -0.4 is 11.1 Å². The molecule has 0 aliphatic carbocycles. The SMILES string of the molecule is CCCCC(N)C(=O)N[C@H](C)c1ccc(Cl)cc1. The maximum atomic E-state index is 11.8. The summed E-state index contributed by atoms with van der Waals surface area (Å²) in [5.41, 5.74) is 6.84. The molecule has 0 aliphatic heterocycles. The number of carbonyl (C=O) groups excluding carboxylic acids is 1. The molecule has 0 fully saturated rings. The van der Waals surface area contributed by atoms with E-state index in [1.807, 2.05) is 31.2 Å². The number of nitrogens with two attached hydrogens (primary N) is 1. The zero-order valence-corrected chi connectivity index (χ0v) is 11.7. The highest BCUT2D eigenvalue weighted by molar-refractivity contribution is 6.30. The molecule has 3 N–H and O–H groups in total. The molecule has 0 radical (unpaired) electrons. The maximum absolute atomic E-state index is 11.8. The average Bonchev–Trinajstić information content (AvgIpc) is 2.36. The topological polar surface area (TPSA) is 55.1 Å². The molecule has 0 aliphatic rings. The lowest BCUT2D eigenvalue weighted by molar-refractivity contribution is -0.123. The normalized spacial score (nSPS) is 14.0. The number of carbonyl (C=O) groups is 1. The van der Waals surface area contributed by atoms with Crippen LogP contribution in [-0.2, 0) is 4.79 Å². The zero-order chi connectivity index (χ0) is 13.5. The summed E-state index contributed by atoms with van der Waals surface area (Å²) < 4.78 is 0. The van der Waals surface area contributed by atoms with Crippen LogP contribution in [0.5, 0.6) is 0 Å². The van der Waals surface area contributed by atoms with Crippen LogP contribution in [0.25, 0.3) is 0 Å². The highest BCUT2D eigenvalue weighted by Crippen LogP contribution is 2.16. The van der Waals surface area contributed by atoms with Gasteiger partial charge in [0.1, 0.15) is 0 Å². The number of nitrogens with one attached hydrogen (secondary N) is 1. The first kappa shape index (κ1) is 15.0. The summed E-state index contributed by atoms with van der Waals surface area (Å²) in [4.78, 5) is 11.8. The summed E-state index contributed by atoms with van der Waals surface area (Å²) in [6.07, 6.45) is 2.76. The molecule has 0 saturated carbocycles. The van der Waals surface area contributed by atoms with Gasteiger partial charge in [-0.15, -0.1) is 0 Å². The number of benzene rings is 1. The van der Waals surface area contributed by atoms with Gasteiger partial charge in [0.15, 0.2) is 0 Å². The Morgan fingerprint density at radius 2 is 2.00 bits per heavy atom. The summed E-state index contributed by atoms with van der Waals surface area (Å²) in [5, 5.41) is 3.61. The molecule has 18 heavy (non-hydrogen) atoms. The van der Waals surface area contributed by atoms with Gasteiger partial charge in [-0.3, -0.25) is 4.79 Å². The fourth-order valence-electron chi connectivity index (χ4n) is 1.71. The van der Waals surface area contributed by atoms with E-state index >= 15 is 0 Å². The molecule has 100 valence electrons. The molecule has 0 spiro atoms. The lowest BCUT2D eigenvalue weighted by Gasteiger charge is -2.17. The van der Waals surface area contributed by atoms with Crippen molar-refractivity contribution in [3.8, 4) is 0 Å². The van der Waals surface area contributed by atoms with Gasteiger partial charge in [-0.2, -0.15) is 0 Å². The van der Waals surface area contributed by atoms with E-state index in [1.165, 1.54) is 0 Å². The number of hydrogen-bond acceptors (Lipinski definition) is 2. The van der Waals surface area contributed by atoms with Gasteiger partial charge < -0.3 is 11.1 Å². The summed E-state index contributed by atoms with van der Waals surface area (Å²) in [6, 6.07) is 6.98. The third-order valence-corrected chi connectivity index (χ3v) is 3.19. The van der Waals surface area contributed by atoms with E-state index in [9.17, 15) is 4.79 Å². The quantitative estimate of drug-likeness (QED) is 0.833. The third kappa shape index (κ3) is 4.67. The first-order chi connectivity index (χ1) is 8.54. The lowest BCUT2D eigenvalue weighted by Crippen LogP contribution is -2.41. The van der Waals surface area contributed by atoms with Gasteiger partial charge in [0.25, 0.3) is 0 Å². The molecule has 2 atom stereocenters. The Bertz CT molecular complexity index is 378. The summed E-state index contributed by atoms with van der Waals surface area (Å²) >= 11 is 5.82. The number of rotatable bonds is 6. The molecule has 1 aromatic rings. The predicted octanol–water partition coefficient (Wildman–Crippen LogP) is 3.03. The second-order valence-corrected chi connectivity index (χ2v) is 4.97. The molecule has 1 amide bonds. The number of amides is 1. The predicted molar refractivity (Wildman–Crippen MR) is 75.5 cm³/mol.